The lowest BCUT2D eigenvalue weighted by Gasteiger charge is -2.26. The van der Waals surface area contributed by atoms with Gasteiger partial charge in [0.1, 0.15) is 5.78 Å². The van der Waals surface area contributed by atoms with Crippen LogP contribution >= 0.6 is 0 Å². The standard InChI is InChI=1S/C19H18O3/c1-10(20)12-5-6-14-15-8-7-13(11(2)21)18(22)17(15)19(3,4)16(14)9-12/h5-9,13H,1-4H3. The minimum atomic E-state index is -0.681. The van der Waals surface area contributed by atoms with Gasteiger partial charge in [-0.1, -0.05) is 38.1 Å². The van der Waals surface area contributed by atoms with E-state index in [1.807, 2.05) is 32.1 Å². The molecule has 2 aliphatic carbocycles. The molecular weight excluding hydrogens is 276 g/mol. The zero-order valence-corrected chi connectivity index (χ0v) is 13.2. The molecule has 1 aromatic carbocycles. The van der Waals surface area contributed by atoms with Crippen molar-refractivity contribution in [2.45, 2.75) is 33.1 Å². The van der Waals surface area contributed by atoms with Crippen LogP contribution < -0.4 is 0 Å². The molecule has 0 radical (unpaired) electrons. The Hall–Kier alpha value is -2.29. The Labute approximate surface area is 129 Å². The molecule has 0 heterocycles. The Morgan fingerprint density at radius 1 is 1.14 bits per heavy atom. The van der Waals surface area contributed by atoms with Crippen LogP contribution in [-0.2, 0) is 15.0 Å². The highest BCUT2D eigenvalue weighted by Crippen LogP contribution is 2.49. The zero-order valence-electron chi connectivity index (χ0n) is 13.2. The number of carbonyl (C=O) groups is 3. The Kier molecular flexibility index (Phi) is 3.06. The normalized spacial score (nSPS) is 21.6. The Balaban J connectivity index is 2.20. The van der Waals surface area contributed by atoms with E-state index in [-0.39, 0.29) is 17.3 Å². The van der Waals surface area contributed by atoms with Gasteiger partial charge < -0.3 is 0 Å². The Bertz CT molecular complexity index is 791. The number of fused-ring (bicyclic) bond motifs is 2. The van der Waals surface area contributed by atoms with Gasteiger partial charge in [0.05, 0.1) is 5.92 Å². The van der Waals surface area contributed by atoms with Gasteiger partial charge in [0.25, 0.3) is 0 Å². The smallest absolute Gasteiger partial charge is 0.174 e. The van der Waals surface area contributed by atoms with Crippen molar-refractivity contribution < 1.29 is 14.4 Å². The van der Waals surface area contributed by atoms with Crippen LogP contribution in [-0.4, -0.2) is 17.3 Å². The molecule has 0 saturated heterocycles. The van der Waals surface area contributed by atoms with E-state index in [2.05, 4.69) is 0 Å². The number of allylic oxidation sites excluding steroid dienone is 4. The fourth-order valence-electron chi connectivity index (χ4n) is 3.49. The fourth-order valence-corrected chi connectivity index (χ4v) is 3.49. The van der Waals surface area contributed by atoms with Gasteiger partial charge in [0.2, 0.25) is 0 Å². The number of hydrogen-bond acceptors (Lipinski definition) is 3. The third-order valence-electron chi connectivity index (χ3n) is 4.71. The van der Waals surface area contributed by atoms with Crippen LogP contribution in [0, 0.1) is 5.92 Å². The number of benzene rings is 1. The quantitative estimate of drug-likeness (QED) is 0.621. The summed E-state index contributed by atoms with van der Waals surface area (Å²) in [5, 5.41) is 0. The van der Waals surface area contributed by atoms with E-state index >= 15 is 0 Å². The predicted octanol–water partition coefficient (Wildman–Crippen LogP) is 3.28. The van der Waals surface area contributed by atoms with Gasteiger partial charge in [0, 0.05) is 16.6 Å². The predicted molar refractivity (Wildman–Crippen MR) is 84.7 cm³/mol. The molecule has 3 nitrogen and oxygen atoms in total. The van der Waals surface area contributed by atoms with Crippen LogP contribution in [0.25, 0.3) is 5.57 Å². The summed E-state index contributed by atoms with van der Waals surface area (Å²) in [6.45, 7) is 6.94. The van der Waals surface area contributed by atoms with Gasteiger partial charge >= 0.3 is 0 Å². The van der Waals surface area contributed by atoms with E-state index in [9.17, 15) is 14.4 Å². The van der Waals surface area contributed by atoms with Gasteiger partial charge in [-0.2, -0.15) is 0 Å². The summed E-state index contributed by atoms with van der Waals surface area (Å²) in [5.74, 6) is -0.925. The zero-order chi connectivity index (χ0) is 16.2. The van der Waals surface area contributed by atoms with E-state index < -0.39 is 11.3 Å². The molecule has 2 aliphatic rings. The van der Waals surface area contributed by atoms with E-state index in [0.29, 0.717) is 11.1 Å². The third-order valence-corrected chi connectivity index (χ3v) is 4.71. The second-order valence-corrected chi connectivity index (χ2v) is 6.54. The molecule has 0 spiro atoms. The highest BCUT2D eigenvalue weighted by atomic mass is 16.2. The van der Waals surface area contributed by atoms with E-state index in [1.165, 1.54) is 13.8 Å². The topological polar surface area (TPSA) is 51.2 Å². The van der Waals surface area contributed by atoms with Crippen LogP contribution in [0.15, 0.2) is 35.9 Å². The summed E-state index contributed by atoms with van der Waals surface area (Å²) in [6.07, 6.45) is 3.57. The lowest BCUT2D eigenvalue weighted by molar-refractivity contribution is -0.127. The lowest BCUT2D eigenvalue weighted by Crippen LogP contribution is -2.31. The first-order chi connectivity index (χ1) is 10.2. The second kappa shape index (κ2) is 4.60. The number of ketones is 3. The Morgan fingerprint density at radius 3 is 2.41 bits per heavy atom. The van der Waals surface area contributed by atoms with Gasteiger partial charge in [0.15, 0.2) is 11.6 Å². The molecule has 3 heteroatoms. The van der Waals surface area contributed by atoms with E-state index in [4.69, 9.17) is 0 Å². The van der Waals surface area contributed by atoms with Crippen molar-refractivity contribution in [3.8, 4) is 0 Å². The molecule has 0 amide bonds. The summed E-state index contributed by atoms with van der Waals surface area (Å²) < 4.78 is 0. The van der Waals surface area contributed by atoms with Gasteiger partial charge in [-0.3, -0.25) is 14.4 Å². The first kappa shape index (κ1) is 14.6. The summed E-state index contributed by atoms with van der Waals surface area (Å²) in [6, 6.07) is 5.57. The number of carbonyl (C=O) groups excluding carboxylic acids is 3. The first-order valence-corrected chi connectivity index (χ1v) is 7.38. The maximum Gasteiger partial charge on any atom is 0.174 e. The largest absolute Gasteiger partial charge is 0.299 e. The molecule has 0 N–H and O–H groups in total. The Morgan fingerprint density at radius 2 is 1.82 bits per heavy atom. The summed E-state index contributed by atoms with van der Waals surface area (Å²) in [4.78, 5) is 36.1. The summed E-state index contributed by atoms with van der Waals surface area (Å²) in [5.41, 5.74) is 3.69. The van der Waals surface area contributed by atoms with Crippen LogP contribution in [0.4, 0.5) is 0 Å². The van der Waals surface area contributed by atoms with Gasteiger partial charge in [-0.15, -0.1) is 0 Å². The molecule has 0 bridgehead atoms. The molecule has 22 heavy (non-hydrogen) atoms. The fraction of sp³-hybridized carbons (Fsp3) is 0.316. The molecule has 3 rings (SSSR count). The van der Waals surface area contributed by atoms with Crippen LogP contribution in [0.1, 0.15) is 49.2 Å². The average Bonchev–Trinajstić information content (AvgIpc) is 2.67. The molecular formula is C19H18O3. The monoisotopic (exact) mass is 294 g/mol. The molecule has 1 unspecified atom stereocenters. The summed E-state index contributed by atoms with van der Waals surface area (Å²) >= 11 is 0. The minimum Gasteiger partial charge on any atom is -0.299 e. The molecule has 0 aromatic heterocycles. The molecule has 1 aromatic rings. The molecule has 112 valence electrons. The summed E-state index contributed by atoms with van der Waals surface area (Å²) in [7, 11) is 0. The van der Waals surface area contributed by atoms with Crippen molar-refractivity contribution in [1.82, 2.24) is 0 Å². The molecule has 0 aliphatic heterocycles. The number of Topliss-reactive ketones (excluding diaryl/α,β-unsaturated/α-hetero) is 3. The minimum absolute atomic E-state index is 0.00644. The van der Waals surface area contributed by atoms with Crippen molar-refractivity contribution >= 4 is 22.9 Å². The molecule has 0 fully saturated rings. The first-order valence-electron chi connectivity index (χ1n) is 7.38. The van der Waals surface area contributed by atoms with Gasteiger partial charge in [-0.05, 0) is 36.6 Å². The van der Waals surface area contributed by atoms with Crippen LogP contribution in [0.5, 0.6) is 0 Å². The average molecular weight is 294 g/mol. The maximum atomic E-state index is 12.8. The van der Waals surface area contributed by atoms with Crippen LogP contribution in [0.3, 0.4) is 0 Å². The highest BCUT2D eigenvalue weighted by Gasteiger charge is 2.44. The van der Waals surface area contributed by atoms with Crippen molar-refractivity contribution in [2.75, 3.05) is 0 Å². The van der Waals surface area contributed by atoms with Gasteiger partial charge in [-0.25, -0.2) is 0 Å². The maximum absolute atomic E-state index is 12.8. The number of hydrogen-bond donors (Lipinski definition) is 0. The number of rotatable bonds is 2. The van der Waals surface area contributed by atoms with E-state index in [0.717, 1.165) is 16.7 Å². The van der Waals surface area contributed by atoms with E-state index in [1.54, 1.807) is 12.1 Å². The van der Waals surface area contributed by atoms with Crippen molar-refractivity contribution in [2.24, 2.45) is 5.92 Å². The van der Waals surface area contributed by atoms with Crippen molar-refractivity contribution in [1.29, 1.82) is 0 Å². The highest BCUT2D eigenvalue weighted by molar-refractivity contribution is 6.20. The van der Waals surface area contributed by atoms with Crippen molar-refractivity contribution in [3.05, 3.63) is 52.6 Å². The van der Waals surface area contributed by atoms with Crippen LogP contribution in [0.2, 0.25) is 0 Å². The lowest BCUT2D eigenvalue weighted by atomic mass is 9.74. The SMILES string of the molecule is CC(=O)c1ccc2c(c1)C(C)(C)C1=C2C=CC(C(C)=O)C1=O. The van der Waals surface area contributed by atoms with Crippen molar-refractivity contribution in [3.63, 3.8) is 0 Å². The molecule has 1 atom stereocenters. The molecule has 0 saturated carbocycles. The second-order valence-electron chi connectivity index (χ2n) is 6.54. The third kappa shape index (κ3) is 1.85.